The Morgan fingerprint density at radius 1 is 1.32 bits per heavy atom. The second kappa shape index (κ2) is 7.33. The molecule has 1 aliphatic carbocycles. The quantitative estimate of drug-likeness (QED) is 0.753. The Bertz CT molecular complexity index is 261. The van der Waals surface area contributed by atoms with Crippen LogP contribution < -0.4 is 5.32 Å². The summed E-state index contributed by atoms with van der Waals surface area (Å²) in [6, 6.07) is 0.720. The van der Waals surface area contributed by atoms with Crippen LogP contribution in [0.3, 0.4) is 0 Å². The number of nitrogens with one attached hydrogen (secondary N) is 1. The standard InChI is InChI=1S/C16H32N2S/c1-4-19-10-9-18-12-15(11-14(2)3)17-13-16(18)7-5-6-8-16/h14-15,17H,4-13H2,1-3H3. The van der Waals surface area contributed by atoms with Gasteiger partial charge in [-0.1, -0.05) is 33.6 Å². The van der Waals surface area contributed by atoms with Crippen molar-refractivity contribution in [3.63, 3.8) is 0 Å². The molecule has 2 nitrogen and oxygen atoms in total. The molecule has 0 amide bonds. The Balaban J connectivity index is 1.93. The molecule has 1 saturated heterocycles. The SMILES string of the molecule is CCSCCN1CC(CC(C)C)NCC12CCCC2. The first kappa shape index (κ1) is 15.7. The number of rotatable bonds is 6. The van der Waals surface area contributed by atoms with Gasteiger partial charge in [-0.05, 0) is 30.9 Å². The van der Waals surface area contributed by atoms with Crippen LogP contribution >= 0.6 is 11.8 Å². The smallest absolute Gasteiger partial charge is 0.0335 e. The molecule has 0 aromatic rings. The Morgan fingerprint density at radius 2 is 2.05 bits per heavy atom. The molecule has 2 rings (SSSR count). The second-order valence-electron chi connectivity index (χ2n) is 6.78. The molecule has 0 aromatic carbocycles. The molecule has 1 spiro atoms. The van der Waals surface area contributed by atoms with E-state index >= 15 is 0 Å². The van der Waals surface area contributed by atoms with Gasteiger partial charge in [0.1, 0.15) is 0 Å². The summed E-state index contributed by atoms with van der Waals surface area (Å²) in [6.45, 7) is 10.8. The number of piperazine rings is 1. The zero-order valence-corrected chi connectivity index (χ0v) is 13.9. The van der Waals surface area contributed by atoms with Crippen LogP contribution in [-0.2, 0) is 0 Å². The van der Waals surface area contributed by atoms with Crippen molar-refractivity contribution in [3.8, 4) is 0 Å². The minimum Gasteiger partial charge on any atom is -0.311 e. The molecule has 0 aromatic heterocycles. The van der Waals surface area contributed by atoms with E-state index in [1.165, 1.54) is 63.2 Å². The molecule has 1 heterocycles. The van der Waals surface area contributed by atoms with Gasteiger partial charge in [-0.15, -0.1) is 0 Å². The van der Waals surface area contributed by atoms with Gasteiger partial charge in [-0.3, -0.25) is 4.90 Å². The first-order chi connectivity index (χ1) is 9.16. The van der Waals surface area contributed by atoms with Gasteiger partial charge in [0.05, 0.1) is 0 Å². The van der Waals surface area contributed by atoms with Gasteiger partial charge < -0.3 is 5.32 Å². The van der Waals surface area contributed by atoms with Crippen LogP contribution in [0.1, 0.15) is 52.9 Å². The fourth-order valence-electron chi connectivity index (χ4n) is 3.87. The Morgan fingerprint density at radius 3 is 2.68 bits per heavy atom. The fourth-order valence-corrected chi connectivity index (χ4v) is 4.51. The maximum atomic E-state index is 3.86. The molecule has 1 N–H and O–H groups in total. The summed E-state index contributed by atoms with van der Waals surface area (Å²) in [5, 5.41) is 3.86. The highest BCUT2D eigenvalue weighted by Crippen LogP contribution is 2.37. The van der Waals surface area contributed by atoms with Crippen LogP contribution in [0, 0.1) is 5.92 Å². The zero-order valence-electron chi connectivity index (χ0n) is 13.1. The Hall–Kier alpha value is 0.270. The molecule has 1 aliphatic heterocycles. The van der Waals surface area contributed by atoms with E-state index in [9.17, 15) is 0 Å². The predicted molar refractivity (Wildman–Crippen MR) is 87.0 cm³/mol. The van der Waals surface area contributed by atoms with Crippen LogP contribution in [0.25, 0.3) is 0 Å². The van der Waals surface area contributed by atoms with Crippen molar-refractivity contribution in [2.75, 3.05) is 31.1 Å². The highest BCUT2D eigenvalue weighted by Gasteiger charge is 2.42. The van der Waals surface area contributed by atoms with E-state index in [0.717, 1.165) is 12.0 Å². The first-order valence-corrected chi connectivity index (χ1v) is 9.38. The summed E-state index contributed by atoms with van der Waals surface area (Å²) in [6.07, 6.45) is 7.05. The molecular weight excluding hydrogens is 252 g/mol. The van der Waals surface area contributed by atoms with Crippen molar-refractivity contribution in [1.29, 1.82) is 0 Å². The highest BCUT2D eigenvalue weighted by molar-refractivity contribution is 7.99. The fraction of sp³-hybridized carbons (Fsp3) is 1.00. The summed E-state index contributed by atoms with van der Waals surface area (Å²) < 4.78 is 0. The van der Waals surface area contributed by atoms with Crippen molar-refractivity contribution in [1.82, 2.24) is 10.2 Å². The Labute approximate surface area is 124 Å². The lowest BCUT2D eigenvalue weighted by atomic mass is 9.89. The molecule has 112 valence electrons. The molecule has 1 atom stereocenters. The van der Waals surface area contributed by atoms with Crippen molar-refractivity contribution in [2.45, 2.75) is 64.5 Å². The van der Waals surface area contributed by atoms with Crippen LogP contribution in [-0.4, -0.2) is 47.6 Å². The topological polar surface area (TPSA) is 15.3 Å². The van der Waals surface area contributed by atoms with Crippen molar-refractivity contribution in [2.24, 2.45) is 5.92 Å². The van der Waals surface area contributed by atoms with Gasteiger partial charge in [0.2, 0.25) is 0 Å². The van der Waals surface area contributed by atoms with Gasteiger partial charge in [0.25, 0.3) is 0 Å². The summed E-state index contributed by atoms with van der Waals surface area (Å²) in [5.74, 6) is 3.38. The second-order valence-corrected chi connectivity index (χ2v) is 8.18. The van der Waals surface area contributed by atoms with Gasteiger partial charge in [0.15, 0.2) is 0 Å². The zero-order chi connectivity index (χ0) is 13.7. The van der Waals surface area contributed by atoms with E-state index in [1.54, 1.807) is 0 Å². The lowest BCUT2D eigenvalue weighted by Gasteiger charge is -2.49. The molecule has 19 heavy (non-hydrogen) atoms. The maximum absolute atomic E-state index is 3.86. The minimum absolute atomic E-state index is 0.516. The number of nitrogens with zero attached hydrogens (tertiary/aromatic N) is 1. The molecule has 3 heteroatoms. The van der Waals surface area contributed by atoms with Gasteiger partial charge in [0, 0.05) is 37.0 Å². The van der Waals surface area contributed by atoms with E-state index in [1.807, 2.05) is 0 Å². The van der Waals surface area contributed by atoms with E-state index < -0.39 is 0 Å². The number of thioether (sulfide) groups is 1. The van der Waals surface area contributed by atoms with Crippen molar-refractivity contribution >= 4 is 11.8 Å². The summed E-state index contributed by atoms with van der Waals surface area (Å²) in [7, 11) is 0. The third-order valence-corrected chi connectivity index (χ3v) is 5.71. The van der Waals surface area contributed by atoms with Gasteiger partial charge in [-0.2, -0.15) is 11.8 Å². The van der Waals surface area contributed by atoms with E-state index in [0.29, 0.717) is 5.54 Å². The average molecular weight is 285 g/mol. The first-order valence-electron chi connectivity index (χ1n) is 8.22. The average Bonchev–Trinajstić information content (AvgIpc) is 2.83. The minimum atomic E-state index is 0.516. The molecule has 0 radical (unpaired) electrons. The van der Waals surface area contributed by atoms with Gasteiger partial charge >= 0.3 is 0 Å². The highest BCUT2D eigenvalue weighted by atomic mass is 32.2. The lowest BCUT2D eigenvalue weighted by molar-refractivity contribution is 0.0446. The van der Waals surface area contributed by atoms with Crippen molar-refractivity contribution < 1.29 is 0 Å². The largest absolute Gasteiger partial charge is 0.311 e. The maximum Gasteiger partial charge on any atom is 0.0335 e. The molecule has 1 saturated carbocycles. The molecular formula is C16H32N2S. The predicted octanol–water partition coefficient (Wildman–Crippen LogP) is 3.37. The van der Waals surface area contributed by atoms with Crippen LogP contribution in [0.2, 0.25) is 0 Å². The molecule has 2 fully saturated rings. The van der Waals surface area contributed by atoms with Crippen LogP contribution in [0.5, 0.6) is 0 Å². The lowest BCUT2D eigenvalue weighted by Crippen LogP contribution is -2.64. The third kappa shape index (κ3) is 4.12. The molecule has 0 bridgehead atoms. The van der Waals surface area contributed by atoms with E-state index in [2.05, 4.69) is 42.7 Å². The van der Waals surface area contributed by atoms with Gasteiger partial charge in [-0.25, -0.2) is 0 Å². The van der Waals surface area contributed by atoms with E-state index in [-0.39, 0.29) is 0 Å². The summed E-state index contributed by atoms with van der Waals surface area (Å²) in [4.78, 5) is 2.85. The monoisotopic (exact) mass is 284 g/mol. The summed E-state index contributed by atoms with van der Waals surface area (Å²) in [5.41, 5.74) is 0.516. The molecule has 1 unspecified atom stereocenters. The van der Waals surface area contributed by atoms with E-state index in [4.69, 9.17) is 0 Å². The Kier molecular flexibility index (Phi) is 6.04. The normalized spacial score (nSPS) is 27.5. The van der Waals surface area contributed by atoms with Crippen LogP contribution in [0.15, 0.2) is 0 Å². The summed E-state index contributed by atoms with van der Waals surface area (Å²) >= 11 is 2.10. The van der Waals surface area contributed by atoms with Crippen molar-refractivity contribution in [3.05, 3.63) is 0 Å². The molecule has 2 aliphatic rings. The van der Waals surface area contributed by atoms with Crippen LogP contribution in [0.4, 0.5) is 0 Å². The third-order valence-electron chi connectivity index (χ3n) is 4.83. The number of hydrogen-bond acceptors (Lipinski definition) is 3. The number of hydrogen-bond donors (Lipinski definition) is 1.